The van der Waals surface area contributed by atoms with Gasteiger partial charge in [-0.05, 0) is 50.1 Å². The Morgan fingerprint density at radius 1 is 1.22 bits per heavy atom. The number of hydrogen-bond acceptors (Lipinski definition) is 4. The molecule has 1 fully saturated rings. The third kappa shape index (κ3) is 2.18. The fraction of sp³-hybridized carbons (Fsp3) is 0.571. The van der Waals surface area contributed by atoms with Gasteiger partial charge in [0, 0.05) is 5.54 Å². The summed E-state index contributed by atoms with van der Waals surface area (Å²) in [5.74, 6) is 1.51. The highest BCUT2D eigenvalue weighted by Gasteiger charge is 2.46. The molecule has 2 rings (SSSR count). The van der Waals surface area contributed by atoms with Crippen molar-refractivity contribution in [1.29, 1.82) is 0 Å². The Labute approximate surface area is 108 Å². The Hall–Kier alpha value is -1.26. The second-order valence-corrected chi connectivity index (χ2v) is 5.02. The van der Waals surface area contributed by atoms with Gasteiger partial charge >= 0.3 is 0 Å². The highest BCUT2D eigenvalue weighted by molar-refractivity contribution is 5.49. The molecule has 0 amide bonds. The van der Waals surface area contributed by atoms with Crippen LogP contribution in [0.3, 0.4) is 0 Å². The zero-order chi connectivity index (χ0) is 13.3. The van der Waals surface area contributed by atoms with Crippen molar-refractivity contribution in [1.82, 2.24) is 5.32 Å². The Balaban J connectivity index is 2.43. The van der Waals surface area contributed by atoms with Crippen LogP contribution in [0.2, 0.25) is 0 Å². The summed E-state index contributed by atoms with van der Waals surface area (Å²) in [5, 5.41) is 3.33. The molecule has 1 aliphatic rings. The molecular formula is C14H22N2O2. The number of aryl methyl sites for hydroxylation is 1. The van der Waals surface area contributed by atoms with Gasteiger partial charge in [-0.1, -0.05) is 0 Å². The highest BCUT2D eigenvalue weighted by atomic mass is 16.5. The van der Waals surface area contributed by atoms with E-state index in [-0.39, 0.29) is 11.6 Å². The predicted molar refractivity (Wildman–Crippen MR) is 72.2 cm³/mol. The molecule has 0 saturated heterocycles. The largest absolute Gasteiger partial charge is 0.493 e. The van der Waals surface area contributed by atoms with Crippen LogP contribution < -0.4 is 20.5 Å². The second-order valence-electron chi connectivity index (χ2n) is 5.02. The molecule has 1 aromatic carbocycles. The van der Waals surface area contributed by atoms with E-state index in [9.17, 15) is 0 Å². The first-order valence-electron chi connectivity index (χ1n) is 6.24. The number of nitrogens with two attached hydrogens (primary N) is 1. The van der Waals surface area contributed by atoms with Gasteiger partial charge in [0.25, 0.3) is 0 Å². The van der Waals surface area contributed by atoms with Gasteiger partial charge in [-0.25, -0.2) is 0 Å². The molecule has 1 saturated carbocycles. The Bertz CT molecular complexity index is 442. The maximum atomic E-state index is 6.33. The van der Waals surface area contributed by atoms with Crippen LogP contribution in [-0.2, 0) is 0 Å². The van der Waals surface area contributed by atoms with Crippen molar-refractivity contribution >= 4 is 0 Å². The molecule has 1 aliphatic carbocycles. The maximum Gasteiger partial charge on any atom is 0.161 e. The van der Waals surface area contributed by atoms with E-state index in [4.69, 9.17) is 15.2 Å². The average Bonchev–Trinajstić information content (AvgIpc) is 3.10. The number of hydrogen-bond donors (Lipinski definition) is 2. The monoisotopic (exact) mass is 250 g/mol. The van der Waals surface area contributed by atoms with E-state index >= 15 is 0 Å². The molecule has 0 heterocycles. The van der Waals surface area contributed by atoms with Gasteiger partial charge in [0.05, 0.1) is 20.3 Å². The molecule has 0 bridgehead atoms. The molecular weight excluding hydrogens is 228 g/mol. The zero-order valence-corrected chi connectivity index (χ0v) is 11.5. The van der Waals surface area contributed by atoms with E-state index in [2.05, 4.69) is 12.2 Å². The van der Waals surface area contributed by atoms with Gasteiger partial charge in [-0.15, -0.1) is 0 Å². The number of nitrogens with one attached hydrogen (secondary N) is 1. The molecule has 1 aromatic rings. The first kappa shape index (κ1) is 13.2. The number of rotatable bonds is 5. The van der Waals surface area contributed by atoms with Gasteiger partial charge in [0.1, 0.15) is 0 Å². The molecule has 0 aromatic heterocycles. The Morgan fingerprint density at radius 2 is 1.78 bits per heavy atom. The number of methoxy groups -OCH3 is 2. The van der Waals surface area contributed by atoms with Gasteiger partial charge in [0.15, 0.2) is 11.5 Å². The van der Waals surface area contributed by atoms with E-state index < -0.39 is 0 Å². The fourth-order valence-corrected chi connectivity index (χ4v) is 2.49. The molecule has 0 spiro atoms. The summed E-state index contributed by atoms with van der Waals surface area (Å²) in [5.41, 5.74) is 8.58. The van der Waals surface area contributed by atoms with Crippen LogP contribution in [0.25, 0.3) is 0 Å². The first-order chi connectivity index (χ1) is 8.55. The standard InChI is InChI=1S/C14H22N2O2/c1-9-7-11(17-3)12(18-4)8-10(9)13(16-2)14(15)5-6-14/h7-8,13,16H,5-6,15H2,1-4H3. The summed E-state index contributed by atoms with van der Waals surface area (Å²) in [6, 6.07) is 4.20. The molecule has 3 N–H and O–H groups in total. The summed E-state index contributed by atoms with van der Waals surface area (Å²) in [7, 11) is 5.26. The van der Waals surface area contributed by atoms with Gasteiger partial charge in [-0.3, -0.25) is 0 Å². The molecule has 4 nitrogen and oxygen atoms in total. The molecule has 4 heteroatoms. The highest BCUT2D eigenvalue weighted by Crippen LogP contribution is 2.45. The minimum absolute atomic E-state index is 0.112. The zero-order valence-electron chi connectivity index (χ0n) is 11.5. The second kappa shape index (κ2) is 4.78. The lowest BCUT2D eigenvalue weighted by atomic mass is 9.93. The van der Waals surface area contributed by atoms with Crippen molar-refractivity contribution in [2.45, 2.75) is 31.3 Å². The van der Waals surface area contributed by atoms with E-state index in [1.807, 2.05) is 19.2 Å². The van der Waals surface area contributed by atoms with E-state index in [0.717, 1.165) is 24.3 Å². The third-order valence-corrected chi connectivity index (χ3v) is 3.77. The van der Waals surface area contributed by atoms with E-state index in [1.165, 1.54) is 11.1 Å². The lowest BCUT2D eigenvalue weighted by Gasteiger charge is -2.26. The fourth-order valence-electron chi connectivity index (χ4n) is 2.49. The van der Waals surface area contributed by atoms with Crippen molar-refractivity contribution in [3.63, 3.8) is 0 Å². The van der Waals surface area contributed by atoms with Crippen molar-refractivity contribution < 1.29 is 9.47 Å². The SMILES string of the molecule is CNC(c1cc(OC)c(OC)cc1C)C1(N)CC1. The quantitative estimate of drug-likeness (QED) is 0.836. The topological polar surface area (TPSA) is 56.5 Å². The average molecular weight is 250 g/mol. The summed E-state index contributed by atoms with van der Waals surface area (Å²) in [6.07, 6.45) is 2.12. The number of ether oxygens (including phenoxy) is 2. The summed E-state index contributed by atoms with van der Waals surface area (Å²) < 4.78 is 10.7. The minimum atomic E-state index is -0.112. The molecule has 0 aliphatic heterocycles. The Morgan fingerprint density at radius 3 is 2.22 bits per heavy atom. The Kier molecular flexibility index (Phi) is 3.50. The van der Waals surface area contributed by atoms with Crippen molar-refractivity contribution in [3.05, 3.63) is 23.3 Å². The lowest BCUT2D eigenvalue weighted by molar-refractivity contribution is 0.352. The van der Waals surface area contributed by atoms with Crippen LogP contribution in [0.1, 0.15) is 30.0 Å². The van der Waals surface area contributed by atoms with E-state index in [1.54, 1.807) is 14.2 Å². The predicted octanol–water partition coefficient (Wildman–Crippen LogP) is 1.76. The van der Waals surface area contributed by atoms with Gasteiger partial charge < -0.3 is 20.5 Å². The van der Waals surface area contributed by atoms with Crippen LogP contribution in [0.5, 0.6) is 11.5 Å². The van der Waals surface area contributed by atoms with Crippen molar-refractivity contribution in [2.24, 2.45) is 5.73 Å². The van der Waals surface area contributed by atoms with Gasteiger partial charge in [0.2, 0.25) is 0 Å². The molecule has 0 radical (unpaired) electrons. The van der Waals surface area contributed by atoms with Crippen LogP contribution in [0.15, 0.2) is 12.1 Å². The summed E-state index contributed by atoms with van der Waals surface area (Å²) in [6.45, 7) is 2.08. The van der Waals surface area contributed by atoms with Crippen molar-refractivity contribution in [3.8, 4) is 11.5 Å². The minimum Gasteiger partial charge on any atom is -0.493 e. The number of benzene rings is 1. The van der Waals surface area contributed by atoms with E-state index in [0.29, 0.717) is 0 Å². The van der Waals surface area contributed by atoms with Gasteiger partial charge in [-0.2, -0.15) is 0 Å². The van der Waals surface area contributed by atoms with Crippen LogP contribution >= 0.6 is 0 Å². The first-order valence-corrected chi connectivity index (χ1v) is 6.24. The summed E-state index contributed by atoms with van der Waals surface area (Å²) >= 11 is 0. The molecule has 1 unspecified atom stereocenters. The lowest BCUT2D eigenvalue weighted by Crippen LogP contribution is -2.38. The van der Waals surface area contributed by atoms with Crippen LogP contribution in [-0.4, -0.2) is 26.8 Å². The van der Waals surface area contributed by atoms with Crippen molar-refractivity contribution in [2.75, 3.05) is 21.3 Å². The smallest absolute Gasteiger partial charge is 0.161 e. The maximum absolute atomic E-state index is 6.33. The van der Waals surface area contributed by atoms with Crippen LogP contribution in [0.4, 0.5) is 0 Å². The normalized spacial score (nSPS) is 18.3. The third-order valence-electron chi connectivity index (χ3n) is 3.77. The van der Waals surface area contributed by atoms with Crippen LogP contribution in [0, 0.1) is 6.92 Å². The molecule has 18 heavy (non-hydrogen) atoms. The number of likely N-dealkylation sites (N-methyl/N-ethyl adjacent to an activating group) is 1. The summed E-state index contributed by atoms with van der Waals surface area (Å²) in [4.78, 5) is 0. The molecule has 1 atom stereocenters. The molecule has 100 valence electrons.